The number of para-hydroxylation sites is 2. The molecule has 0 saturated carbocycles. The van der Waals surface area contributed by atoms with E-state index >= 15 is 0 Å². The van der Waals surface area contributed by atoms with Crippen molar-refractivity contribution in [3.05, 3.63) is 70.5 Å². The summed E-state index contributed by atoms with van der Waals surface area (Å²) in [6, 6.07) is 12.4. The average Bonchev–Trinajstić information content (AvgIpc) is 2.75. The van der Waals surface area contributed by atoms with E-state index in [1.165, 1.54) is 16.7 Å². The number of nitrogens with zero attached hydrogens (tertiary/aromatic N) is 3. The molecule has 2 aromatic carbocycles. The lowest BCUT2D eigenvalue weighted by atomic mass is 10.1. The zero-order valence-corrected chi connectivity index (χ0v) is 18.4. The average molecular weight is 425 g/mol. The molecule has 0 aliphatic heterocycles. The number of aromatic nitrogens is 2. The number of rotatable bonds is 7. The second kappa shape index (κ2) is 9.73. The van der Waals surface area contributed by atoms with Gasteiger partial charge in [0.05, 0.1) is 22.6 Å². The number of carbonyl (C=O) groups excluding carboxylic acids is 1. The van der Waals surface area contributed by atoms with E-state index in [2.05, 4.69) is 19.2 Å². The van der Waals surface area contributed by atoms with Gasteiger partial charge in [-0.2, -0.15) is 0 Å². The lowest BCUT2D eigenvalue weighted by Crippen LogP contribution is -2.41. The second-order valence-electron chi connectivity index (χ2n) is 8.06. The van der Waals surface area contributed by atoms with Crippen LogP contribution in [0.5, 0.6) is 0 Å². The van der Waals surface area contributed by atoms with Crippen LogP contribution in [-0.4, -0.2) is 27.0 Å². The lowest BCUT2D eigenvalue weighted by Gasteiger charge is -2.32. The van der Waals surface area contributed by atoms with Crippen LogP contribution in [0, 0.1) is 11.7 Å². The first-order chi connectivity index (χ1) is 14.8. The molecule has 0 radical (unpaired) electrons. The van der Waals surface area contributed by atoms with Gasteiger partial charge in [-0.1, -0.05) is 45.0 Å². The minimum Gasteiger partial charge on any atom is -0.314 e. The van der Waals surface area contributed by atoms with Crippen LogP contribution in [0.4, 0.5) is 14.9 Å². The van der Waals surface area contributed by atoms with Crippen molar-refractivity contribution < 1.29 is 9.18 Å². The molecular formula is C24H29FN4O2. The topological polar surface area (TPSA) is 67.2 Å². The SMILES string of the molecule is CCC(c1nc2ccccc2c(=O)n1C)N(CCC(C)C)C(=O)Nc1ccccc1F. The molecule has 0 aliphatic rings. The molecule has 3 rings (SSSR count). The van der Waals surface area contributed by atoms with Crippen LogP contribution >= 0.6 is 0 Å². The first kappa shape index (κ1) is 22.5. The summed E-state index contributed by atoms with van der Waals surface area (Å²) < 4.78 is 15.6. The highest BCUT2D eigenvalue weighted by molar-refractivity contribution is 5.89. The molecule has 1 atom stereocenters. The van der Waals surface area contributed by atoms with Crippen molar-refractivity contribution in [2.45, 2.75) is 39.7 Å². The summed E-state index contributed by atoms with van der Waals surface area (Å²) in [5.41, 5.74) is 0.562. The van der Waals surface area contributed by atoms with Gasteiger partial charge in [-0.25, -0.2) is 14.2 Å². The van der Waals surface area contributed by atoms with Gasteiger partial charge in [-0.05, 0) is 43.0 Å². The Labute approximate surface area is 181 Å². The number of anilines is 1. The first-order valence-corrected chi connectivity index (χ1v) is 10.6. The number of amides is 2. The van der Waals surface area contributed by atoms with Crippen molar-refractivity contribution in [3.63, 3.8) is 0 Å². The number of hydrogen-bond acceptors (Lipinski definition) is 3. The Balaban J connectivity index is 2.03. The molecule has 3 aromatic rings. The van der Waals surface area contributed by atoms with E-state index in [-0.39, 0.29) is 11.2 Å². The first-order valence-electron chi connectivity index (χ1n) is 10.6. The molecular weight excluding hydrogens is 395 g/mol. The number of hydrogen-bond donors (Lipinski definition) is 1. The van der Waals surface area contributed by atoms with E-state index in [0.29, 0.717) is 35.6 Å². The van der Waals surface area contributed by atoms with Crippen LogP contribution in [0.2, 0.25) is 0 Å². The summed E-state index contributed by atoms with van der Waals surface area (Å²) in [7, 11) is 1.68. The highest BCUT2D eigenvalue weighted by Gasteiger charge is 2.28. The summed E-state index contributed by atoms with van der Waals surface area (Å²) in [6.07, 6.45) is 1.32. The molecule has 7 heteroatoms. The zero-order chi connectivity index (χ0) is 22.5. The zero-order valence-electron chi connectivity index (χ0n) is 18.4. The monoisotopic (exact) mass is 424 g/mol. The molecule has 0 bridgehead atoms. The van der Waals surface area contributed by atoms with Gasteiger partial charge in [-0.3, -0.25) is 9.36 Å². The van der Waals surface area contributed by atoms with Crippen molar-refractivity contribution in [2.24, 2.45) is 13.0 Å². The molecule has 0 spiro atoms. The van der Waals surface area contributed by atoms with Gasteiger partial charge in [0.2, 0.25) is 0 Å². The van der Waals surface area contributed by atoms with E-state index in [1.807, 2.05) is 13.0 Å². The molecule has 1 heterocycles. The van der Waals surface area contributed by atoms with Gasteiger partial charge in [0, 0.05) is 13.6 Å². The summed E-state index contributed by atoms with van der Waals surface area (Å²) in [6.45, 7) is 6.57. The molecule has 1 aromatic heterocycles. The van der Waals surface area contributed by atoms with Crippen molar-refractivity contribution in [1.82, 2.24) is 14.5 Å². The Morgan fingerprint density at radius 1 is 1.16 bits per heavy atom. The maximum Gasteiger partial charge on any atom is 0.322 e. The van der Waals surface area contributed by atoms with Crippen LogP contribution in [0.3, 0.4) is 0 Å². The number of nitrogens with one attached hydrogen (secondary N) is 1. The van der Waals surface area contributed by atoms with Gasteiger partial charge >= 0.3 is 6.03 Å². The van der Waals surface area contributed by atoms with E-state index in [0.717, 1.165) is 6.42 Å². The smallest absolute Gasteiger partial charge is 0.314 e. The normalized spacial score (nSPS) is 12.2. The quantitative estimate of drug-likeness (QED) is 0.573. The Morgan fingerprint density at radius 2 is 1.84 bits per heavy atom. The predicted molar refractivity (Wildman–Crippen MR) is 122 cm³/mol. The standard InChI is InChI=1S/C24H29FN4O2/c1-5-21(22-26-19-12-8-6-10-17(19)23(30)28(22)4)29(15-14-16(2)3)24(31)27-20-13-9-7-11-18(20)25/h6-13,16,21H,5,14-15H2,1-4H3,(H,27,31). The summed E-state index contributed by atoms with van der Waals surface area (Å²) >= 11 is 0. The number of fused-ring (bicyclic) bond motifs is 1. The minimum atomic E-state index is -0.496. The highest BCUT2D eigenvalue weighted by atomic mass is 19.1. The highest BCUT2D eigenvalue weighted by Crippen LogP contribution is 2.26. The third kappa shape index (κ3) is 4.93. The Hall–Kier alpha value is -3.22. The van der Waals surface area contributed by atoms with Gasteiger partial charge in [0.25, 0.3) is 5.56 Å². The third-order valence-electron chi connectivity index (χ3n) is 5.40. The van der Waals surface area contributed by atoms with Crippen LogP contribution in [0.1, 0.15) is 45.5 Å². The largest absolute Gasteiger partial charge is 0.322 e. The molecule has 1 N–H and O–H groups in total. The van der Waals surface area contributed by atoms with Gasteiger partial charge in [-0.15, -0.1) is 0 Å². The maximum absolute atomic E-state index is 14.1. The molecule has 0 aliphatic carbocycles. The maximum atomic E-state index is 14.1. The van der Waals surface area contributed by atoms with E-state index in [9.17, 15) is 14.0 Å². The van der Waals surface area contributed by atoms with Gasteiger partial charge in [0.1, 0.15) is 11.6 Å². The fourth-order valence-electron chi connectivity index (χ4n) is 3.62. The van der Waals surface area contributed by atoms with E-state index in [1.54, 1.807) is 42.3 Å². The third-order valence-corrected chi connectivity index (χ3v) is 5.40. The number of urea groups is 1. The minimum absolute atomic E-state index is 0.122. The molecule has 2 amide bonds. The molecule has 1 unspecified atom stereocenters. The van der Waals surface area contributed by atoms with Crippen LogP contribution in [0.25, 0.3) is 10.9 Å². The van der Waals surface area contributed by atoms with Gasteiger partial charge in [0.15, 0.2) is 0 Å². The van der Waals surface area contributed by atoms with Crippen LogP contribution in [0.15, 0.2) is 53.3 Å². The Kier molecular flexibility index (Phi) is 7.05. The second-order valence-corrected chi connectivity index (χ2v) is 8.06. The van der Waals surface area contributed by atoms with Crippen molar-refractivity contribution in [2.75, 3.05) is 11.9 Å². The summed E-state index contributed by atoms with van der Waals surface area (Å²) in [5.74, 6) is 0.386. The van der Waals surface area contributed by atoms with Crippen LogP contribution < -0.4 is 10.9 Å². The lowest BCUT2D eigenvalue weighted by molar-refractivity contribution is 0.176. The van der Waals surface area contributed by atoms with Crippen LogP contribution in [-0.2, 0) is 7.05 Å². The van der Waals surface area contributed by atoms with Crippen molar-refractivity contribution in [1.29, 1.82) is 0 Å². The van der Waals surface area contributed by atoms with Gasteiger partial charge < -0.3 is 10.2 Å². The molecule has 0 saturated heterocycles. The Morgan fingerprint density at radius 3 is 2.52 bits per heavy atom. The molecule has 0 fully saturated rings. The fourth-order valence-corrected chi connectivity index (χ4v) is 3.62. The molecule has 164 valence electrons. The predicted octanol–water partition coefficient (Wildman–Crippen LogP) is 5.10. The molecule has 31 heavy (non-hydrogen) atoms. The van der Waals surface area contributed by atoms with Crippen molar-refractivity contribution in [3.8, 4) is 0 Å². The Bertz CT molecular complexity index is 1130. The van der Waals surface area contributed by atoms with Crippen molar-refractivity contribution >= 4 is 22.6 Å². The number of benzene rings is 2. The summed E-state index contributed by atoms with van der Waals surface area (Å²) in [5, 5.41) is 3.22. The number of carbonyl (C=O) groups is 1. The fraction of sp³-hybridized carbons (Fsp3) is 0.375. The number of halogens is 1. The van der Waals surface area contributed by atoms with E-state index in [4.69, 9.17) is 4.98 Å². The molecule has 6 nitrogen and oxygen atoms in total. The summed E-state index contributed by atoms with van der Waals surface area (Å²) in [4.78, 5) is 32.5. The van der Waals surface area contributed by atoms with E-state index < -0.39 is 17.9 Å².